The van der Waals surface area contributed by atoms with Crippen LogP contribution in [0.1, 0.15) is 23.6 Å². The second-order valence-corrected chi connectivity index (χ2v) is 4.54. The highest BCUT2D eigenvalue weighted by Crippen LogP contribution is 2.27. The molecule has 0 bridgehead atoms. The molecular weight excluding hydrogens is 156 g/mol. The van der Waals surface area contributed by atoms with Crippen molar-refractivity contribution in [3.8, 4) is 0 Å². The quantitative estimate of drug-likeness (QED) is 0.620. The summed E-state index contributed by atoms with van der Waals surface area (Å²) in [7, 11) is 0. The molecule has 0 aliphatic carbocycles. The molecule has 0 amide bonds. The molecule has 1 aromatic rings. The summed E-state index contributed by atoms with van der Waals surface area (Å²) in [6, 6.07) is 4.07. The Bertz CT molecular complexity index is 260. The molecule has 0 spiro atoms. The van der Waals surface area contributed by atoms with Crippen LogP contribution in [0.15, 0.2) is 12.1 Å². The van der Waals surface area contributed by atoms with Gasteiger partial charge in [0.2, 0.25) is 0 Å². The van der Waals surface area contributed by atoms with Crippen molar-refractivity contribution in [3.05, 3.63) is 21.9 Å². The highest BCUT2D eigenvalue weighted by Gasteiger charge is 2.20. The minimum atomic E-state index is -0.307. The summed E-state index contributed by atoms with van der Waals surface area (Å²) in [4.78, 5) is 13.0. The zero-order chi connectivity index (χ0) is 8.48. The summed E-state index contributed by atoms with van der Waals surface area (Å²) in [5.74, 6) is 0. The number of carbonyl (C=O) groups excluding carboxylic acids is 1. The molecule has 1 aromatic heterocycles. The van der Waals surface area contributed by atoms with Crippen LogP contribution in [0.5, 0.6) is 0 Å². The van der Waals surface area contributed by atoms with Gasteiger partial charge in [-0.25, -0.2) is 0 Å². The van der Waals surface area contributed by atoms with Gasteiger partial charge >= 0.3 is 0 Å². The van der Waals surface area contributed by atoms with E-state index in [0.717, 1.165) is 11.2 Å². The molecular formula is C9H12OS. The fourth-order valence-electron chi connectivity index (χ4n) is 0.839. The van der Waals surface area contributed by atoms with Gasteiger partial charge in [0.05, 0.1) is 5.41 Å². The highest BCUT2D eigenvalue weighted by molar-refractivity contribution is 7.12. The maximum Gasteiger partial charge on any atom is 0.130 e. The molecule has 0 fully saturated rings. The summed E-state index contributed by atoms with van der Waals surface area (Å²) >= 11 is 1.69. The molecule has 0 unspecified atom stereocenters. The van der Waals surface area contributed by atoms with Gasteiger partial charge < -0.3 is 4.79 Å². The number of hydrogen-bond acceptors (Lipinski definition) is 2. The molecule has 0 aliphatic heterocycles. The average Bonchev–Trinajstić information content (AvgIpc) is 2.36. The Balaban J connectivity index is 3.01. The minimum absolute atomic E-state index is 0.307. The van der Waals surface area contributed by atoms with Gasteiger partial charge in [0.1, 0.15) is 6.29 Å². The monoisotopic (exact) mass is 168 g/mol. The molecule has 1 nitrogen and oxygen atoms in total. The normalized spacial score (nSPS) is 11.5. The van der Waals surface area contributed by atoms with Gasteiger partial charge in [-0.15, -0.1) is 11.3 Å². The predicted octanol–water partition coefficient (Wildman–Crippen LogP) is 2.53. The van der Waals surface area contributed by atoms with Gasteiger partial charge in [0.25, 0.3) is 0 Å². The Morgan fingerprint density at radius 1 is 1.45 bits per heavy atom. The van der Waals surface area contributed by atoms with Gasteiger partial charge in [0.15, 0.2) is 0 Å². The van der Waals surface area contributed by atoms with Crippen LogP contribution in [-0.2, 0) is 10.2 Å². The molecule has 0 aromatic carbocycles. The molecule has 60 valence electrons. The van der Waals surface area contributed by atoms with Crippen LogP contribution in [-0.4, -0.2) is 6.29 Å². The van der Waals surface area contributed by atoms with Crippen LogP contribution in [0, 0.1) is 6.92 Å². The van der Waals surface area contributed by atoms with Crippen LogP contribution in [0.2, 0.25) is 0 Å². The first-order valence-electron chi connectivity index (χ1n) is 3.59. The van der Waals surface area contributed by atoms with E-state index < -0.39 is 0 Å². The van der Waals surface area contributed by atoms with E-state index >= 15 is 0 Å². The van der Waals surface area contributed by atoms with Crippen LogP contribution >= 0.6 is 11.3 Å². The minimum Gasteiger partial charge on any atom is -0.302 e. The summed E-state index contributed by atoms with van der Waals surface area (Å²) in [5, 5.41) is 0. The molecule has 2 heteroatoms. The number of hydrogen-bond donors (Lipinski definition) is 0. The van der Waals surface area contributed by atoms with E-state index in [1.165, 1.54) is 4.88 Å². The fraction of sp³-hybridized carbons (Fsp3) is 0.444. The van der Waals surface area contributed by atoms with E-state index in [9.17, 15) is 4.79 Å². The lowest BCUT2D eigenvalue weighted by molar-refractivity contribution is -0.111. The van der Waals surface area contributed by atoms with Crippen molar-refractivity contribution in [1.82, 2.24) is 0 Å². The average molecular weight is 168 g/mol. The Labute approximate surface area is 71.1 Å². The third-order valence-corrected chi connectivity index (χ3v) is 3.01. The molecule has 0 saturated heterocycles. The molecule has 1 rings (SSSR count). The summed E-state index contributed by atoms with van der Waals surface area (Å²) in [6.07, 6.45) is 0.998. The van der Waals surface area contributed by atoms with Crippen LogP contribution in [0.3, 0.4) is 0 Å². The van der Waals surface area contributed by atoms with Crippen molar-refractivity contribution >= 4 is 17.6 Å². The summed E-state index contributed by atoms with van der Waals surface area (Å²) in [6.45, 7) is 5.92. The molecule has 0 N–H and O–H groups in total. The third-order valence-electron chi connectivity index (χ3n) is 1.67. The number of thiophene rings is 1. The topological polar surface area (TPSA) is 17.1 Å². The highest BCUT2D eigenvalue weighted by atomic mass is 32.1. The Morgan fingerprint density at radius 3 is 2.45 bits per heavy atom. The van der Waals surface area contributed by atoms with E-state index in [0.29, 0.717) is 0 Å². The number of aldehydes is 1. The number of aryl methyl sites for hydroxylation is 1. The molecule has 0 radical (unpaired) electrons. The van der Waals surface area contributed by atoms with E-state index in [4.69, 9.17) is 0 Å². The second kappa shape index (κ2) is 2.78. The maximum atomic E-state index is 10.6. The third kappa shape index (κ3) is 1.69. The predicted molar refractivity (Wildman–Crippen MR) is 48.1 cm³/mol. The standard InChI is InChI=1S/C9H12OS/c1-7-4-5-8(11-7)9(2,3)6-10/h4-6H,1-3H3. The lowest BCUT2D eigenvalue weighted by Gasteiger charge is -2.13. The summed E-state index contributed by atoms with van der Waals surface area (Å²) < 4.78 is 0. The summed E-state index contributed by atoms with van der Waals surface area (Å²) in [5.41, 5.74) is -0.307. The molecule has 11 heavy (non-hydrogen) atoms. The Hall–Kier alpha value is -0.630. The second-order valence-electron chi connectivity index (χ2n) is 3.25. The van der Waals surface area contributed by atoms with Gasteiger partial charge in [-0.2, -0.15) is 0 Å². The molecule has 0 atom stereocenters. The zero-order valence-corrected chi connectivity index (χ0v) is 7.87. The van der Waals surface area contributed by atoms with Crippen molar-refractivity contribution in [2.75, 3.05) is 0 Å². The van der Waals surface area contributed by atoms with Gasteiger partial charge in [-0.05, 0) is 32.9 Å². The van der Waals surface area contributed by atoms with E-state index in [1.807, 2.05) is 26.0 Å². The van der Waals surface area contributed by atoms with Crippen molar-refractivity contribution in [1.29, 1.82) is 0 Å². The lowest BCUT2D eigenvalue weighted by Crippen LogP contribution is -2.16. The Morgan fingerprint density at radius 2 is 2.09 bits per heavy atom. The smallest absolute Gasteiger partial charge is 0.130 e. The van der Waals surface area contributed by atoms with Crippen LogP contribution in [0.25, 0.3) is 0 Å². The largest absolute Gasteiger partial charge is 0.302 e. The van der Waals surface area contributed by atoms with Gasteiger partial charge in [-0.1, -0.05) is 0 Å². The fourth-order valence-corrected chi connectivity index (χ4v) is 1.77. The number of rotatable bonds is 2. The van der Waals surface area contributed by atoms with E-state index in [-0.39, 0.29) is 5.41 Å². The van der Waals surface area contributed by atoms with Crippen molar-refractivity contribution in [3.63, 3.8) is 0 Å². The van der Waals surface area contributed by atoms with Crippen LogP contribution in [0.4, 0.5) is 0 Å². The maximum absolute atomic E-state index is 10.6. The SMILES string of the molecule is Cc1ccc(C(C)(C)C=O)s1. The zero-order valence-electron chi connectivity index (χ0n) is 7.05. The van der Waals surface area contributed by atoms with Crippen LogP contribution < -0.4 is 0 Å². The first-order chi connectivity index (χ1) is 5.06. The number of carbonyl (C=O) groups is 1. The van der Waals surface area contributed by atoms with E-state index in [2.05, 4.69) is 6.92 Å². The molecule has 0 saturated carbocycles. The van der Waals surface area contributed by atoms with Crippen molar-refractivity contribution in [2.24, 2.45) is 0 Å². The molecule has 1 heterocycles. The first-order valence-corrected chi connectivity index (χ1v) is 4.41. The Kier molecular flexibility index (Phi) is 2.14. The van der Waals surface area contributed by atoms with Gasteiger partial charge in [-0.3, -0.25) is 0 Å². The van der Waals surface area contributed by atoms with E-state index in [1.54, 1.807) is 11.3 Å². The van der Waals surface area contributed by atoms with Gasteiger partial charge in [0, 0.05) is 9.75 Å². The van der Waals surface area contributed by atoms with Crippen molar-refractivity contribution < 1.29 is 4.79 Å². The molecule has 0 aliphatic rings. The van der Waals surface area contributed by atoms with Crippen molar-refractivity contribution in [2.45, 2.75) is 26.2 Å². The lowest BCUT2D eigenvalue weighted by atomic mass is 9.94. The first kappa shape index (κ1) is 8.47.